The van der Waals surface area contributed by atoms with Gasteiger partial charge >= 0.3 is 0 Å². The summed E-state index contributed by atoms with van der Waals surface area (Å²) in [4.78, 5) is 18.3. The van der Waals surface area contributed by atoms with Crippen LogP contribution in [-0.2, 0) is 0 Å². The Hall–Kier alpha value is -1.89. The van der Waals surface area contributed by atoms with Crippen LogP contribution in [0.25, 0.3) is 11.2 Å². The second-order valence-electron chi connectivity index (χ2n) is 4.61. The van der Waals surface area contributed by atoms with Gasteiger partial charge in [-0.2, -0.15) is 9.97 Å². The summed E-state index contributed by atoms with van der Waals surface area (Å²) >= 11 is 0. The molecule has 0 unspecified atom stereocenters. The molecule has 0 aliphatic rings. The van der Waals surface area contributed by atoms with Crippen molar-refractivity contribution >= 4 is 22.9 Å². The highest BCUT2D eigenvalue weighted by Crippen LogP contribution is 2.25. The van der Waals surface area contributed by atoms with Crippen molar-refractivity contribution in [2.24, 2.45) is 0 Å². The van der Waals surface area contributed by atoms with Gasteiger partial charge in [0, 0.05) is 19.6 Å². The van der Waals surface area contributed by atoms with Crippen molar-refractivity contribution in [2.75, 3.05) is 30.4 Å². The zero-order valence-corrected chi connectivity index (χ0v) is 12.2. The number of aliphatic hydroxyl groups is 1. The molecule has 0 fully saturated rings. The summed E-state index contributed by atoms with van der Waals surface area (Å²) in [5.74, 6) is 1.33. The predicted octanol–water partition coefficient (Wildman–Crippen LogP) is 1.38. The van der Waals surface area contributed by atoms with Gasteiger partial charge in [0.1, 0.15) is 5.52 Å². The Bertz CT molecular complexity index is 551. The fourth-order valence-corrected chi connectivity index (χ4v) is 2.44. The molecule has 7 heteroatoms. The Labute approximate surface area is 118 Å². The fraction of sp³-hybridized carbons (Fsp3) is 0.615. The van der Waals surface area contributed by atoms with Gasteiger partial charge < -0.3 is 20.3 Å². The highest BCUT2D eigenvalue weighted by atomic mass is 16.3. The fourth-order valence-electron chi connectivity index (χ4n) is 2.44. The summed E-state index contributed by atoms with van der Waals surface area (Å²) < 4.78 is 0. The number of imidazole rings is 1. The first-order valence-corrected chi connectivity index (χ1v) is 7.01. The van der Waals surface area contributed by atoms with E-state index in [4.69, 9.17) is 0 Å². The van der Waals surface area contributed by atoms with E-state index in [2.05, 4.69) is 44.0 Å². The summed E-state index contributed by atoms with van der Waals surface area (Å²) in [7, 11) is 1.78. The summed E-state index contributed by atoms with van der Waals surface area (Å²) in [6, 6.07) is 0.327. The van der Waals surface area contributed by atoms with Crippen molar-refractivity contribution in [3.8, 4) is 0 Å². The number of aromatic amines is 1. The topological polar surface area (TPSA) is 90.0 Å². The molecule has 2 heterocycles. The standard InChI is InChI=1S/C13H22N6O/c1-4-9(5-2)19(6-7-20)12-10-11(16-8-15-10)17-13(14-3)18-12/h8-9,20H,4-7H2,1-3H3,(H2,14,15,16,17,18). The van der Waals surface area contributed by atoms with Gasteiger partial charge in [-0.1, -0.05) is 13.8 Å². The predicted molar refractivity (Wildman–Crippen MR) is 80.0 cm³/mol. The molecule has 110 valence electrons. The van der Waals surface area contributed by atoms with E-state index in [1.165, 1.54) is 0 Å². The van der Waals surface area contributed by atoms with E-state index < -0.39 is 0 Å². The molecule has 7 nitrogen and oxygen atoms in total. The van der Waals surface area contributed by atoms with E-state index in [0.29, 0.717) is 24.2 Å². The molecule has 2 rings (SSSR count). The maximum absolute atomic E-state index is 9.36. The Morgan fingerprint density at radius 3 is 2.70 bits per heavy atom. The number of nitrogens with one attached hydrogen (secondary N) is 2. The quantitative estimate of drug-likeness (QED) is 0.709. The third kappa shape index (κ3) is 2.67. The molecule has 0 aromatic carbocycles. The Kier molecular flexibility index (Phi) is 4.73. The summed E-state index contributed by atoms with van der Waals surface area (Å²) in [5.41, 5.74) is 1.44. The van der Waals surface area contributed by atoms with Crippen molar-refractivity contribution < 1.29 is 5.11 Å². The number of nitrogens with zero attached hydrogens (tertiary/aromatic N) is 4. The van der Waals surface area contributed by atoms with Crippen LogP contribution in [0.4, 0.5) is 11.8 Å². The van der Waals surface area contributed by atoms with Gasteiger partial charge in [-0.15, -0.1) is 0 Å². The molecule has 20 heavy (non-hydrogen) atoms. The van der Waals surface area contributed by atoms with Gasteiger partial charge in [-0.3, -0.25) is 0 Å². The van der Waals surface area contributed by atoms with Crippen LogP contribution in [-0.4, -0.2) is 51.3 Å². The molecule has 0 atom stereocenters. The number of H-pyrrole nitrogens is 1. The lowest BCUT2D eigenvalue weighted by atomic mass is 10.1. The second kappa shape index (κ2) is 6.51. The third-order valence-corrected chi connectivity index (χ3v) is 3.49. The van der Waals surface area contributed by atoms with Gasteiger partial charge in [-0.25, -0.2) is 4.98 Å². The SMILES string of the molecule is CCC(CC)N(CCO)c1nc(NC)nc2nc[nH]c12. The Morgan fingerprint density at radius 1 is 1.35 bits per heavy atom. The monoisotopic (exact) mass is 278 g/mol. The van der Waals surface area contributed by atoms with E-state index in [9.17, 15) is 5.11 Å². The summed E-state index contributed by atoms with van der Waals surface area (Å²) in [6.07, 6.45) is 3.60. The van der Waals surface area contributed by atoms with Crippen LogP contribution >= 0.6 is 0 Å². The lowest BCUT2D eigenvalue weighted by molar-refractivity contribution is 0.295. The normalized spacial score (nSPS) is 11.2. The van der Waals surface area contributed by atoms with Crippen molar-refractivity contribution in [2.45, 2.75) is 32.7 Å². The average Bonchev–Trinajstić information content (AvgIpc) is 2.94. The van der Waals surface area contributed by atoms with Gasteiger partial charge in [0.15, 0.2) is 11.5 Å². The Balaban J connectivity index is 2.53. The Morgan fingerprint density at radius 2 is 2.10 bits per heavy atom. The maximum Gasteiger partial charge on any atom is 0.226 e. The molecule has 0 radical (unpaired) electrons. The molecule has 3 N–H and O–H groups in total. The number of rotatable bonds is 7. The van der Waals surface area contributed by atoms with Crippen LogP contribution in [0.2, 0.25) is 0 Å². The zero-order valence-electron chi connectivity index (χ0n) is 12.2. The second-order valence-corrected chi connectivity index (χ2v) is 4.61. The average molecular weight is 278 g/mol. The first-order valence-electron chi connectivity index (χ1n) is 7.01. The lowest BCUT2D eigenvalue weighted by Gasteiger charge is -2.31. The van der Waals surface area contributed by atoms with Gasteiger partial charge in [-0.05, 0) is 12.8 Å². The molecule has 0 spiro atoms. The number of aliphatic hydroxyl groups excluding tert-OH is 1. The molecular weight excluding hydrogens is 256 g/mol. The van der Waals surface area contributed by atoms with Crippen molar-refractivity contribution in [3.63, 3.8) is 0 Å². The molecule has 2 aromatic rings. The number of hydrogen-bond acceptors (Lipinski definition) is 6. The van der Waals surface area contributed by atoms with Crippen LogP contribution in [0.5, 0.6) is 0 Å². The molecule has 0 aliphatic carbocycles. The van der Waals surface area contributed by atoms with Crippen LogP contribution in [0.15, 0.2) is 6.33 Å². The van der Waals surface area contributed by atoms with Gasteiger partial charge in [0.25, 0.3) is 0 Å². The van der Waals surface area contributed by atoms with E-state index in [0.717, 1.165) is 24.2 Å². The largest absolute Gasteiger partial charge is 0.395 e. The third-order valence-electron chi connectivity index (χ3n) is 3.49. The number of fused-ring (bicyclic) bond motifs is 1. The van der Waals surface area contributed by atoms with E-state index in [-0.39, 0.29) is 6.61 Å². The molecule has 0 aliphatic heterocycles. The van der Waals surface area contributed by atoms with Crippen LogP contribution < -0.4 is 10.2 Å². The first kappa shape index (κ1) is 14.5. The highest BCUT2D eigenvalue weighted by molar-refractivity contribution is 5.84. The first-order chi connectivity index (χ1) is 9.74. The van der Waals surface area contributed by atoms with Crippen molar-refractivity contribution in [1.82, 2.24) is 19.9 Å². The highest BCUT2D eigenvalue weighted by Gasteiger charge is 2.21. The number of hydrogen-bond donors (Lipinski definition) is 3. The lowest BCUT2D eigenvalue weighted by Crippen LogP contribution is -2.37. The molecule has 0 saturated heterocycles. The molecule has 0 bridgehead atoms. The minimum absolute atomic E-state index is 0.0883. The van der Waals surface area contributed by atoms with E-state index >= 15 is 0 Å². The minimum Gasteiger partial charge on any atom is -0.395 e. The van der Waals surface area contributed by atoms with Crippen LogP contribution in [0.3, 0.4) is 0 Å². The minimum atomic E-state index is 0.0883. The van der Waals surface area contributed by atoms with Gasteiger partial charge in [0.05, 0.1) is 12.9 Å². The smallest absolute Gasteiger partial charge is 0.226 e. The van der Waals surface area contributed by atoms with E-state index in [1.807, 2.05) is 0 Å². The molecule has 0 amide bonds. The number of anilines is 2. The summed E-state index contributed by atoms with van der Waals surface area (Å²) in [6.45, 7) is 4.91. The van der Waals surface area contributed by atoms with Crippen LogP contribution in [0.1, 0.15) is 26.7 Å². The van der Waals surface area contributed by atoms with E-state index in [1.54, 1.807) is 13.4 Å². The maximum atomic E-state index is 9.36. The zero-order chi connectivity index (χ0) is 14.5. The molecular formula is C13H22N6O. The molecule has 2 aromatic heterocycles. The summed E-state index contributed by atoms with van der Waals surface area (Å²) in [5, 5.41) is 12.3. The van der Waals surface area contributed by atoms with Gasteiger partial charge in [0.2, 0.25) is 5.95 Å². The van der Waals surface area contributed by atoms with Crippen molar-refractivity contribution in [3.05, 3.63) is 6.33 Å². The van der Waals surface area contributed by atoms with Crippen molar-refractivity contribution in [1.29, 1.82) is 0 Å². The number of aromatic nitrogens is 4. The molecule has 0 saturated carbocycles. The van der Waals surface area contributed by atoms with Crippen LogP contribution in [0, 0.1) is 0 Å².